The van der Waals surface area contributed by atoms with Crippen molar-refractivity contribution in [1.29, 1.82) is 0 Å². The third-order valence-corrected chi connectivity index (χ3v) is 2.96. The fourth-order valence-electron chi connectivity index (χ4n) is 2.16. The maximum atomic E-state index is 5.50. The second-order valence-corrected chi connectivity index (χ2v) is 3.78. The zero-order valence-corrected chi connectivity index (χ0v) is 10.6. The van der Waals surface area contributed by atoms with Gasteiger partial charge in [-0.3, -0.25) is 0 Å². The molecule has 1 fully saturated rings. The highest BCUT2D eigenvalue weighted by molar-refractivity contribution is 5.21. The second-order valence-electron chi connectivity index (χ2n) is 3.78. The van der Waals surface area contributed by atoms with E-state index in [1.807, 2.05) is 13.8 Å². The standard InChI is InChI=1S/C12H17NO.C2H6/c1-14-12-9-13-8-7-11(12)10-5-3-2-4-6-10;1-2/h2-6,11-13H,7-9H2,1H3;1-2H3/t11-,12+;/m0./s1. The van der Waals surface area contributed by atoms with E-state index < -0.39 is 0 Å². The predicted molar refractivity (Wildman–Crippen MR) is 68.8 cm³/mol. The highest BCUT2D eigenvalue weighted by Crippen LogP contribution is 2.26. The molecule has 0 spiro atoms. The van der Waals surface area contributed by atoms with E-state index in [4.69, 9.17) is 4.74 Å². The van der Waals surface area contributed by atoms with Gasteiger partial charge in [-0.2, -0.15) is 0 Å². The van der Waals surface area contributed by atoms with Crippen LogP contribution in [-0.4, -0.2) is 26.3 Å². The summed E-state index contributed by atoms with van der Waals surface area (Å²) < 4.78 is 5.50. The molecule has 2 rings (SSSR count). The lowest BCUT2D eigenvalue weighted by Crippen LogP contribution is -2.40. The lowest BCUT2D eigenvalue weighted by molar-refractivity contribution is 0.0625. The van der Waals surface area contributed by atoms with Crippen molar-refractivity contribution in [3.8, 4) is 0 Å². The van der Waals surface area contributed by atoms with E-state index in [9.17, 15) is 0 Å². The lowest BCUT2D eigenvalue weighted by atomic mass is 9.88. The molecule has 1 N–H and O–H groups in total. The quantitative estimate of drug-likeness (QED) is 0.829. The highest BCUT2D eigenvalue weighted by atomic mass is 16.5. The van der Waals surface area contributed by atoms with E-state index in [2.05, 4.69) is 35.6 Å². The largest absolute Gasteiger partial charge is 0.379 e. The monoisotopic (exact) mass is 221 g/mol. The minimum absolute atomic E-state index is 0.325. The lowest BCUT2D eigenvalue weighted by Gasteiger charge is -2.31. The summed E-state index contributed by atoms with van der Waals surface area (Å²) in [6, 6.07) is 10.7. The van der Waals surface area contributed by atoms with Crippen LogP contribution in [0.25, 0.3) is 0 Å². The number of methoxy groups -OCH3 is 1. The van der Waals surface area contributed by atoms with Gasteiger partial charge < -0.3 is 10.1 Å². The van der Waals surface area contributed by atoms with E-state index in [1.165, 1.54) is 12.0 Å². The van der Waals surface area contributed by atoms with Crippen molar-refractivity contribution >= 4 is 0 Å². The molecule has 0 aliphatic carbocycles. The number of benzene rings is 1. The molecule has 0 aromatic heterocycles. The summed E-state index contributed by atoms with van der Waals surface area (Å²) in [6.45, 7) is 6.06. The van der Waals surface area contributed by atoms with Crippen LogP contribution >= 0.6 is 0 Å². The molecular weight excluding hydrogens is 198 g/mol. The number of ether oxygens (including phenoxy) is 1. The van der Waals surface area contributed by atoms with Crippen molar-refractivity contribution in [1.82, 2.24) is 5.32 Å². The third kappa shape index (κ3) is 3.32. The zero-order chi connectivity index (χ0) is 11.8. The van der Waals surface area contributed by atoms with Crippen molar-refractivity contribution in [3.63, 3.8) is 0 Å². The first kappa shape index (κ1) is 13.2. The van der Waals surface area contributed by atoms with Crippen LogP contribution in [0, 0.1) is 0 Å². The molecule has 1 saturated heterocycles. The van der Waals surface area contributed by atoms with E-state index in [-0.39, 0.29) is 0 Å². The molecule has 1 heterocycles. The minimum Gasteiger partial charge on any atom is -0.379 e. The van der Waals surface area contributed by atoms with Gasteiger partial charge in [0.2, 0.25) is 0 Å². The number of nitrogens with one attached hydrogen (secondary N) is 1. The summed E-state index contributed by atoms with van der Waals surface area (Å²) >= 11 is 0. The second kappa shape index (κ2) is 7.42. The number of piperidine rings is 1. The summed E-state index contributed by atoms with van der Waals surface area (Å²) in [6.07, 6.45) is 1.49. The summed E-state index contributed by atoms with van der Waals surface area (Å²) in [5.74, 6) is 0.558. The Balaban J connectivity index is 0.000000606. The van der Waals surface area contributed by atoms with Gasteiger partial charge in [0.15, 0.2) is 0 Å². The Bertz CT molecular complexity index is 273. The van der Waals surface area contributed by atoms with Crippen LogP contribution in [0.3, 0.4) is 0 Å². The van der Waals surface area contributed by atoms with Crippen molar-refractivity contribution in [3.05, 3.63) is 35.9 Å². The van der Waals surface area contributed by atoms with Gasteiger partial charge in [-0.15, -0.1) is 0 Å². The van der Waals surface area contributed by atoms with Gasteiger partial charge in [0.25, 0.3) is 0 Å². The van der Waals surface area contributed by atoms with Gasteiger partial charge in [-0.05, 0) is 18.5 Å². The van der Waals surface area contributed by atoms with Crippen molar-refractivity contribution < 1.29 is 4.74 Å². The molecule has 2 atom stereocenters. The SMILES string of the molecule is CC.CO[C@@H]1CNCC[C@H]1c1ccccc1. The zero-order valence-electron chi connectivity index (χ0n) is 10.6. The van der Waals surface area contributed by atoms with Gasteiger partial charge in [-0.25, -0.2) is 0 Å². The molecule has 0 radical (unpaired) electrons. The Labute approximate surface area is 99.0 Å². The Morgan fingerprint density at radius 2 is 1.88 bits per heavy atom. The molecule has 16 heavy (non-hydrogen) atoms. The third-order valence-electron chi connectivity index (χ3n) is 2.96. The topological polar surface area (TPSA) is 21.3 Å². The molecule has 2 heteroatoms. The fourth-order valence-corrected chi connectivity index (χ4v) is 2.16. The van der Waals surface area contributed by atoms with E-state index in [1.54, 1.807) is 7.11 Å². The molecule has 1 aliphatic rings. The minimum atomic E-state index is 0.325. The molecule has 1 aromatic rings. The molecule has 0 saturated carbocycles. The molecular formula is C14H23NO. The van der Waals surface area contributed by atoms with Gasteiger partial charge in [0.05, 0.1) is 6.10 Å². The molecule has 0 bridgehead atoms. The Kier molecular flexibility index (Phi) is 6.12. The first-order valence-corrected chi connectivity index (χ1v) is 6.20. The predicted octanol–water partition coefficient (Wildman–Crippen LogP) is 2.80. The summed E-state index contributed by atoms with van der Waals surface area (Å²) in [4.78, 5) is 0. The average molecular weight is 221 g/mol. The van der Waals surface area contributed by atoms with Crippen LogP contribution in [0.4, 0.5) is 0 Å². The molecule has 1 aromatic carbocycles. The van der Waals surface area contributed by atoms with E-state index in [0.717, 1.165) is 13.1 Å². The van der Waals surface area contributed by atoms with Gasteiger partial charge in [-0.1, -0.05) is 44.2 Å². The molecule has 1 aliphatic heterocycles. The summed E-state index contributed by atoms with van der Waals surface area (Å²) in [7, 11) is 1.80. The van der Waals surface area contributed by atoms with Crippen LogP contribution < -0.4 is 5.32 Å². The number of hydrogen-bond donors (Lipinski definition) is 1. The summed E-state index contributed by atoms with van der Waals surface area (Å²) in [5.41, 5.74) is 1.40. The average Bonchev–Trinajstić information content (AvgIpc) is 2.42. The molecule has 0 unspecified atom stereocenters. The smallest absolute Gasteiger partial charge is 0.0764 e. The summed E-state index contributed by atoms with van der Waals surface area (Å²) in [5, 5.41) is 3.36. The Morgan fingerprint density at radius 1 is 1.19 bits per heavy atom. The molecule has 2 nitrogen and oxygen atoms in total. The van der Waals surface area contributed by atoms with Crippen LogP contribution in [-0.2, 0) is 4.74 Å². The van der Waals surface area contributed by atoms with Crippen molar-refractivity contribution in [2.24, 2.45) is 0 Å². The first-order valence-electron chi connectivity index (χ1n) is 6.20. The van der Waals surface area contributed by atoms with E-state index in [0.29, 0.717) is 12.0 Å². The van der Waals surface area contributed by atoms with Crippen LogP contribution in [0.1, 0.15) is 31.7 Å². The van der Waals surface area contributed by atoms with Gasteiger partial charge >= 0.3 is 0 Å². The van der Waals surface area contributed by atoms with Gasteiger partial charge in [0, 0.05) is 19.6 Å². The maximum Gasteiger partial charge on any atom is 0.0764 e. The molecule has 0 amide bonds. The maximum absolute atomic E-state index is 5.50. The Morgan fingerprint density at radius 3 is 2.50 bits per heavy atom. The van der Waals surface area contributed by atoms with Crippen LogP contribution in [0.15, 0.2) is 30.3 Å². The van der Waals surface area contributed by atoms with Crippen LogP contribution in [0.2, 0.25) is 0 Å². The first-order chi connectivity index (χ1) is 7.92. The van der Waals surface area contributed by atoms with Crippen LogP contribution in [0.5, 0.6) is 0 Å². The Hall–Kier alpha value is -0.860. The highest BCUT2D eigenvalue weighted by Gasteiger charge is 2.25. The van der Waals surface area contributed by atoms with Crippen molar-refractivity contribution in [2.75, 3.05) is 20.2 Å². The van der Waals surface area contributed by atoms with Crippen molar-refractivity contribution in [2.45, 2.75) is 32.3 Å². The fraction of sp³-hybridized carbons (Fsp3) is 0.571. The normalized spacial score (nSPS) is 24.4. The van der Waals surface area contributed by atoms with E-state index >= 15 is 0 Å². The number of rotatable bonds is 2. The molecule has 90 valence electrons. The number of hydrogen-bond acceptors (Lipinski definition) is 2. The van der Waals surface area contributed by atoms with Gasteiger partial charge in [0.1, 0.15) is 0 Å².